The van der Waals surface area contributed by atoms with Gasteiger partial charge in [0.1, 0.15) is 5.76 Å². The van der Waals surface area contributed by atoms with E-state index in [1.807, 2.05) is 4.57 Å². The summed E-state index contributed by atoms with van der Waals surface area (Å²) in [6, 6.07) is 0. The Morgan fingerprint density at radius 1 is 1.56 bits per heavy atom. The van der Waals surface area contributed by atoms with Crippen molar-refractivity contribution in [2.75, 3.05) is 19.0 Å². The monoisotopic (exact) mass is 247 g/mol. The predicted molar refractivity (Wildman–Crippen MR) is 70.6 cm³/mol. The molecular weight excluding hydrogens is 230 g/mol. The molecular formula is C12H17N5O. The summed E-state index contributed by atoms with van der Waals surface area (Å²) in [5.41, 5.74) is 6.29. The minimum absolute atomic E-state index is 0.546. The van der Waals surface area contributed by atoms with Gasteiger partial charge in [-0.15, -0.1) is 10.2 Å². The molecule has 0 amide bonds. The topological polar surface area (TPSA) is 78.0 Å². The van der Waals surface area contributed by atoms with E-state index in [9.17, 15) is 0 Å². The van der Waals surface area contributed by atoms with E-state index in [4.69, 9.17) is 10.5 Å². The van der Waals surface area contributed by atoms with E-state index in [0.717, 1.165) is 36.9 Å². The number of allylic oxidation sites excluding steroid dienone is 3. The molecule has 0 spiro atoms. The highest BCUT2D eigenvalue weighted by Gasteiger charge is 2.17. The normalized spacial score (nSPS) is 15.3. The SMILES string of the molecule is C=C(/C=C(\C=C/N)c1nnc2n1CCCN2)OC. The molecule has 6 heteroatoms. The van der Waals surface area contributed by atoms with Crippen LogP contribution in [0.25, 0.3) is 5.57 Å². The Morgan fingerprint density at radius 3 is 3.11 bits per heavy atom. The molecule has 0 fully saturated rings. The van der Waals surface area contributed by atoms with Crippen LogP contribution in [0.5, 0.6) is 0 Å². The van der Waals surface area contributed by atoms with Crippen molar-refractivity contribution in [2.45, 2.75) is 13.0 Å². The van der Waals surface area contributed by atoms with Crippen LogP contribution >= 0.6 is 0 Å². The molecule has 1 aliphatic heterocycles. The number of anilines is 1. The van der Waals surface area contributed by atoms with Crippen molar-refractivity contribution in [1.82, 2.24) is 14.8 Å². The molecule has 0 bridgehead atoms. The summed E-state index contributed by atoms with van der Waals surface area (Å²) >= 11 is 0. The molecule has 0 radical (unpaired) electrons. The lowest BCUT2D eigenvalue weighted by Crippen LogP contribution is -2.18. The van der Waals surface area contributed by atoms with Crippen molar-refractivity contribution in [3.05, 3.63) is 36.5 Å². The van der Waals surface area contributed by atoms with E-state index in [-0.39, 0.29) is 0 Å². The minimum atomic E-state index is 0.546. The van der Waals surface area contributed by atoms with Crippen LogP contribution in [0.4, 0.5) is 5.95 Å². The lowest BCUT2D eigenvalue weighted by molar-refractivity contribution is 0.309. The maximum Gasteiger partial charge on any atom is 0.224 e. The first-order valence-electron chi connectivity index (χ1n) is 5.76. The highest BCUT2D eigenvalue weighted by Crippen LogP contribution is 2.21. The summed E-state index contributed by atoms with van der Waals surface area (Å²) in [5.74, 6) is 2.09. The third-order valence-corrected chi connectivity index (χ3v) is 2.71. The van der Waals surface area contributed by atoms with Gasteiger partial charge in [-0.25, -0.2) is 0 Å². The van der Waals surface area contributed by atoms with Crippen LogP contribution in [0.15, 0.2) is 30.7 Å². The number of nitrogens with zero attached hydrogens (tertiary/aromatic N) is 3. The van der Waals surface area contributed by atoms with Crippen LogP contribution in [-0.4, -0.2) is 28.4 Å². The van der Waals surface area contributed by atoms with Gasteiger partial charge in [-0.05, 0) is 24.8 Å². The van der Waals surface area contributed by atoms with Gasteiger partial charge in [-0.2, -0.15) is 0 Å². The van der Waals surface area contributed by atoms with Crippen molar-refractivity contribution in [3.63, 3.8) is 0 Å². The van der Waals surface area contributed by atoms with Gasteiger partial charge in [-0.1, -0.05) is 6.58 Å². The first-order valence-corrected chi connectivity index (χ1v) is 5.76. The lowest BCUT2D eigenvalue weighted by atomic mass is 10.2. The second-order valence-electron chi connectivity index (χ2n) is 3.91. The highest BCUT2D eigenvalue weighted by molar-refractivity contribution is 5.72. The number of hydrogen-bond donors (Lipinski definition) is 2. The Kier molecular flexibility index (Phi) is 3.66. The van der Waals surface area contributed by atoms with Crippen molar-refractivity contribution in [3.8, 4) is 0 Å². The van der Waals surface area contributed by atoms with Gasteiger partial charge < -0.3 is 15.8 Å². The highest BCUT2D eigenvalue weighted by atomic mass is 16.5. The molecule has 18 heavy (non-hydrogen) atoms. The van der Waals surface area contributed by atoms with Crippen LogP contribution in [0, 0.1) is 0 Å². The number of hydrogen-bond acceptors (Lipinski definition) is 5. The van der Waals surface area contributed by atoms with E-state index >= 15 is 0 Å². The molecule has 2 rings (SSSR count). The molecule has 2 heterocycles. The Balaban J connectivity index is 2.40. The van der Waals surface area contributed by atoms with Crippen molar-refractivity contribution in [2.24, 2.45) is 5.73 Å². The lowest BCUT2D eigenvalue weighted by Gasteiger charge is -2.16. The third-order valence-electron chi connectivity index (χ3n) is 2.71. The van der Waals surface area contributed by atoms with Gasteiger partial charge in [0.05, 0.1) is 7.11 Å². The number of fused-ring (bicyclic) bond motifs is 1. The predicted octanol–water partition coefficient (Wildman–Crippen LogP) is 1.11. The maximum absolute atomic E-state index is 5.46. The average molecular weight is 247 g/mol. The fraction of sp³-hybridized carbons (Fsp3) is 0.333. The molecule has 0 aliphatic carbocycles. The van der Waals surface area contributed by atoms with Crippen molar-refractivity contribution >= 4 is 11.5 Å². The van der Waals surface area contributed by atoms with Crippen molar-refractivity contribution in [1.29, 1.82) is 0 Å². The molecule has 0 atom stereocenters. The average Bonchev–Trinajstić information content (AvgIpc) is 2.82. The van der Waals surface area contributed by atoms with Crippen LogP contribution in [0.3, 0.4) is 0 Å². The smallest absolute Gasteiger partial charge is 0.224 e. The van der Waals surface area contributed by atoms with Gasteiger partial charge in [-0.3, -0.25) is 4.57 Å². The van der Waals surface area contributed by atoms with E-state index in [1.165, 1.54) is 6.20 Å². The quantitative estimate of drug-likeness (QED) is 0.615. The number of methoxy groups -OCH3 is 1. The molecule has 0 aromatic carbocycles. The fourth-order valence-corrected chi connectivity index (χ4v) is 1.82. The van der Waals surface area contributed by atoms with E-state index in [1.54, 1.807) is 19.3 Å². The summed E-state index contributed by atoms with van der Waals surface area (Å²) in [6.45, 7) is 5.58. The second-order valence-corrected chi connectivity index (χ2v) is 3.91. The standard InChI is InChI=1S/C12H17N5O/c1-9(18-2)8-10(4-5-13)11-15-16-12-14-6-3-7-17(11)12/h4-5,8H,1,3,6-7,13H2,2H3,(H,14,16)/b5-4-,10-8+. The third kappa shape index (κ3) is 2.37. The van der Waals surface area contributed by atoms with Gasteiger partial charge in [0.25, 0.3) is 0 Å². The van der Waals surface area contributed by atoms with Crippen LogP contribution in [0.1, 0.15) is 12.2 Å². The fourth-order valence-electron chi connectivity index (χ4n) is 1.82. The number of nitrogens with two attached hydrogens (primary N) is 1. The molecule has 96 valence electrons. The number of nitrogens with one attached hydrogen (secondary N) is 1. The summed E-state index contributed by atoms with van der Waals surface area (Å²) in [6.07, 6.45) is 6.06. The zero-order valence-corrected chi connectivity index (χ0v) is 10.4. The molecule has 1 aromatic heterocycles. The number of aromatic nitrogens is 3. The molecule has 1 aliphatic rings. The van der Waals surface area contributed by atoms with Crippen LogP contribution in [-0.2, 0) is 11.3 Å². The molecule has 3 N–H and O–H groups in total. The zero-order chi connectivity index (χ0) is 13.0. The van der Waals surface area contributed by atoms with Crippen LogP contribution < -0.4 is 11.1 Å². The minimum Gasteiger partial charge on any atom is -0.497 e. The first-order chi connectivity index (χ1) is 8.76. The van der Waals surface area contributed by atoms with E-state index in [0.29, 0.717) is 5.76 Å². The van der Waals surface area contributed by atoms with Gasteiger partial charge in [0.15, 0.2) is 5.82 Å². The van der Waals surface area contributed by atoms with Gasteiger partial charge in [0, 0.05) is 18.7 Å². The molecule has 1 aromatic rings. The Hall–Kier alpha value is -2.24. The van der Waals surface area contributed by atoms with E-state index < -0.39 is 0 Å². The largest absolute Gasteiger partial charge is 0.497 e. The number of ether oxygens (including phenoxy) is 1. The molecule has 6 nitrogen and oxygen atoms in total. The maximum atomic E-state index is 5.46. The Labute approximate surface area is 106 Å². The molecule has 0 unspecified atom stereocenters. The van der Waals surface area contributed by atoms with Gasteiger partial charge >= 0.3 is 0 Å². The van der Waals surface area contributed by atoms with Crippen LogP contribution in [0.2, 0.25) is 0 Å². The summed E-state index contributed by atoms with van der Waals surface area (Å²) < 4.78 is 7.08. The van der Waals surface area contributed by atoms with E-state index in [2.05, 4.69) is 22.1 Å². The first kappa shape index (κ1) is 12.2. The molecule has 0 saturated heterocycles. The zero-order valence-electron chi connectivity index (χ0n) is 10.4. The Morgan fingerprint density at radius 2 is 2.39 bits per heavy atom. The summed E-state index contributed by atoms with van der Waals surface area (Å²) in [7, 11) is 1.57. The Bertz CT molecular complexity index is 501. The molecule has 0 saturated carbocycles. The van der Waals surface area contributed by atoms with Crippen molar-refractivity contribution < 1.29 is 4.74 Å². The van der Waals surface area contributed by atoms with Gasteiger partial charge in [0.2, 0.25) is 5.95 Å². The summed E-state index contributed by atoms with van der Waals surface area (Å²) in [5, 5.41) is 11.5. The number of rotatable bonds is 4. The second kappa shape index (κ2) is 5.39. The summed E-state index contributed by atoms with van der Waals surface area (Å²) in [4.78, 5) is 0.